The van der Waals surface area contributed by atoms with Crippen LogP contribution in [0.25, 0.3) is 0 Å². The smallest absolute Gasteiger partial charge is 0.326 e. The molecule has 2 heterocycles. The van der Waals surface area contributed by atoms with E-state index in [4.69, 9.17) is 0 Å². The van der Waals surface area contributed by atoms with Crippen molar-refractivity contribution in [3.63, 3.8) is 0 Å². The summed E-state index contributed by atoms with van der Waals surface area (Å²) in [5.74, 6) is -6.23. The lowest BCUT2D eigenvalue weighted by Gasteiger charge is -2.32. The Morgan fingerprint density at radius 2 is 1.34 bits per heavy atom. The largest absolute Gasteiger partial charge is 0.481 e. The van der Waals surface area contributed by atoms with Crippen molar-refractivity contribution in [1.82, 2.24) is 31.5 Å². The number of amides is 5. The first-order chi connectivity index (χ1) is 22.1. The molecule has 0 aromatic carbocycles. The first kappa shape index (κ1) is 39.4. The molecule has 15 nitrogen and oxygen atoms in total. The second kappa shape index (κ2) is 18.6. The molecule has 2 rings (SSSR count). The standard InChI is InChI=1S/C32H54N6O9/c1-7-18(5)25(30(44)37-26(19(6)8-2)29(43)35-24(17(3)4)32(46)47)36-28(42)22-12-10-16-38(22)31(45)21(13-14-23(39)40)34-27(41)20-11-9-15-33-20/h17-22,24-26,33H,7-16H2,1-6H3,(H,34,41)(H,35,43)(H,36,42)(H,37,44)(H,39,40)(H,46,47)/t18-,19-,20-,21-,22-,24-,25-,26-/m0/s1. The minimum atomic E-state index is -1.19. The Labute approximate surface area is 276 Å². The molecule has 0 unspecified atom stereocenters. The van der Waals surface area contributed by atoms with Gasteiger partial charge in [0.05, 0.1) is 6.04 Å². The maximum absolute atomic E-state index is 13.7. The average molecular weight is 667 g/mol. The molecule has 266 valence electrons. The normalized spacial score (nSPS) is 21.6. The molecule has 0 aliphatic carbocycles. The lowest BCUT2D eigenvalue weighted by atomic mass is 9.94. The van der Waals surface area contributed by atoms with Gasteiger partial charge in [-0.05, 0) is 56.4 Å². The van der Waals surface area contributed by atoms with Crippen LogP contribution in [-0.4, -0.2) is 106 Å². The van der Waals surface area contributed by atoms with Gasteiger partial charge in [0.1, 0.15) is 30.2 Å². The van der Waals surface area contributed by atoms with Gasteiger partial charge in [0.15, 0.2) is 0 Å². The summed E-state index contributed by atoms with van der Waals surface area (Å²) in [7, 11) is 0. The molecule has 2 aliphatic heterocycles. The van der Waals surface area contributed by atoms with Crippen LogP contribution >= 0.6 is 0 Å². The van der Waals surface area contributed by atoms with Gasteiger partial charge in [-0.15, -0.1) is 0 Å². The number of hydrogen-bond donors (Lipinski definition) is 7. The number of carboxylic acids is 2. The van der Waals surface area contributed by atoms with E-state index in [2.05, 4.69) is 26.6 Å². The molecule has 8 atom stereocenters. The molecular weight excluding hydrogens is 612 g/mol. The number of rotatable bonds is 18. The molecule has 2 fully saturated rings. The van der Waals surface area contributed by atoms with Crippen LogP contribution in [0.15, 0.2) is 0 Å². The Bertz CT molecular complexity index is 1140. The fourth-order valence-corrected chi connectivity index (χ4v) is 5.86. The molecule has 15 heteroatoms. The summed E-state index contributed by atoms with van der Waals surface area (Å²) in [4.78, 5) is 91.5. The number of carbonyl (C=O) groups is 7. The highest BCUT2D eigenvalue weighted by Gasteiger charge is 2.41. The Morgan fingerprint density at radius 1 is 0.766 bits per heavy atom. The van der Waals surface area contributed by atoms with Crippen LogP contribution in [0.2, 0.25) is 0 Å². The van der Waals surface area contributed by atoms with Crippen LogP contribution in [0.3, 0.4) is 0 Å². The predicted octanol–water partition coefficient (Wildman–Crippen LogP) is 0.366. The van der Waals surface area contributed by atoms with Crippen LogP contribution in [0.1, 0.15) is 92.9 Å². The maximum Gasteiger partial charge on any atom is 0.326 e. The van der Waals surface area contributed by atoms with Crippen LogP contribution in [0.5, 0.6) is 0 Å². The van der Waals surface area contributed by atoms with Gasteiger partial charge in [0.2, 0.25) is 29.5 Å². The summed E-state index contributed by atoms with van der Waals surface area (Å²) < 4.78 is 0. The van der Waals surface area contributed by atoms with Crippen molar-refractivity contribution in [3.05, 3.63) is 0 Å². The van der Waals surface area contributed by atoms with E-state index < -0.39 is 83.6 Å². The zero-order valence-corrected chi connectivity index (χ0v) is 28.5. The van der Waals surface area contributed by atoms with Crippen molar-refractivity contribution in [1.29, 1.82) is 0 Å². The SMILES string of the molecule is CC[C@H](C)[C@H](NC(=O)[C@@H](NC(=O)[C@@H]1CCCN1C(=O)[C@H](CCC(=O)O)NC(=O)[C@@H]1CCCN1)[C@@H](C)CC)C(=O)N[C@H](C(=O)O)C(C)C. The van der Waals surface area contributed by atoms with Gasteiger partial charge in [-0.3, -0.25) is 28.8 Å². The molecule has 0 spiro atoms. The van der Waals surface area contributed by atoms with Crippen LogP contribution in [0.4, 0.5) is 0 Å². The lowest BCUT2D eigenvalue weighted by molar-refractivity contribution is -0.144. The van der Waals surface area contributed by atoms with Crippen molar-refractivity contribution in [2.24, 2.45) is 17.8 Å². The quantitative estimate of drug-likeness (QED) is 0.106. The first-order valence-electron chi connectivity index (χ1n) is 16.8. The minimum Gasteiger partial charge on any atom is -0.481 e. The number of nitrogens with zero attached hydrogens (tertiary/aromatic N) is 1. The van der Waals surface area contributed by atoms with Crippen LogP contribution in [0, 0.1) is 17.8 Å². The average Bonchev–Trinajstić information content (AvgIpc) is 3.74. The second-order valence-electron chi connectivity index (χ2n) is 13.1. The number of hydrogen-bond acceptors (Lipinski definition) is 8. The Balaban J connectivity index is 2.23. The van der Waals surface area contributed by atoms with E-state index in [1.54, 1.807) is 27.7 Å². The summed E-state index contributed by atoms with van der Waals surface area (Å²) in [6.07, 6.45) is 2.70. The molecule has 2 aliphatic rings. The molecule has 0 aromatic rings. The summed E-state index contributed by atoms with van der Waals surface area (Å²) in [5, 5.41) is 32.6. The van der Waals surface area contributed by atoms with Gasteiger partial charge in [0.25, 0.3) is 0 Å². The van der Waals surface area contributed by atoms with E-state index in [1.807, 2.05) is 13.8 Å². The summed E-state index contributed by atoms with van der Waals surface area (Å²) in [5.41, 5.74) is 0. The summed E-state index contributed by atoms with van der Waals surface area (Å²) in [6.45, 7) is 11.4. The topological polar surface area (TPSA) is 223 Å². The monoisotopic (exact) mass is 666 g/mol. The van der Waals surface area contributed by atoms with E-state index in [-0.39, 0.29) is 31.2 Å². The third-order valence-corrected chi connectivity index (χ3v) is 9.29. The number of likely N-dealkylation sites (tertiary alicyclic amines) is 1. The Hall–Kier alpha value is -3.75. The third kappa shape index (κ3) is 11.2. The van der Waals surface area contributed by atoms with Crippen molar-refractivity contribution >= 4 is 41.5 Å². The van der Waals surface area contributed by atoms with Gasteiger partial charge < -0.3 is 41.7 Å². The fraction of sp³-hybridized carbons (Fsp3) is 0.781. The van der Waals surface area contributed by atoms with E-state index in [0.29, 0.717) is 38.6 Å². The molecule has 0 bridgehead atoms. The molecule has 0 aromatic heterocycles. The maximum atomic E-state index is 13.7. The Morgan fingerprint density at radius 3 is 1.83 bits per heavy atom. The van der Waals surface area contributed by atoms with E-state index in [0.717, 1.165) is 6.42 Å². The zero-order valence-electron chi connectivity index (χ0n) is 28.5. The predicted molar refractivity (Wildman–Crippen MR) is 172 cm³/mol. The zero-order chi connectivity index (χ0) is 35.4. The molecule has 7 N–H and O–H groups in total. The van der Waals surface area contributed by atoms with E-state index in [9.17, 15) is 43.8 Å². The lowest BCUT2D eigenvalue weighted by Crippen LogP contribution is -2.61. The van der Waals surface area contributed by atoms with Crippen molar-refractivity contribution < 1.29 is 43.8 Å². The van der Waals surface area contributed by atoms with Crippen LogP contribution < -0.4 is 26.6 Å². The molecule has 5 amide bonds. The third-order valence-electron chi connectivity index (χ3n) is 9.29. The van der Waals surface area contributed by atoms with Gasteiger partial charge in [-0.2, -0.15) is 0 Å². The number of nitrogens with one attached hydrogen (secondary N) is 5. The molecule has 47 heavy (non-hydrogen) atoms. The van der Waals surface area contributed by atoms with E-state index >= 15 is 0 Å². The van der Waals surface area contributed by atoms with Gasteiger partial charge in [0, 0.05) is 13.0 Å². The van der Waals surface area contributed by atoms with Crippen molar-refractivity contribution in [3.8, 4) is 0 Å². The summed E-state index contributed by atoms with van der Waals surface area (Å²) in [6, 6.07) is -5.86. The number of aliphatic carboxylic acids is 2. The van der Waals surface area contributed by atoms with Crippen LogP contribution in [-0.2, 0) is 33.6 Å². The van der Waals surface area contributed by atoms with Gasteiger partial charge in [-0.25, -0.2) is 4.79 Å². The highest BCUT2D eigenvalue weighted by atomic mass is 16.4. The van der Waals surface area contributed by atoms with Crippen molar-refractivity contribution in [2.75, 3.05) is 13.1 Å². The first-order valence-corrected chi connectivity index (χ1v) is 16.8. The Kier molecular flexibility index (Phi) is 15.6. The van der Waals surface area contributed by atoms with Gasteiger partial charge >= 0.3 is 11.9 Å². The summed E-state index contributed by atoms with van der Waals surface area (Å²) >= 11 is 0. The van der Waals surface area contributed by atoms with Crippen molar-refractivity contribution in [2.45, 2.75) is 129 Å². The minimum absolute atomic E-state index is 0.145. The molecule has 0 radical (unpaired) electrons. The number of carbonyl (C=O) groups excluding carboxylic acids is 5. The highest BCUT2D eigenvalue weighted by molar-refractivity contribution is 5.97. The molecule has 0 saturated carbocycles. The van der Waals surface area contributed by atoms with E-state index in [1.165, 1.54) is 4.90 Å². The number of carboxylic acid groups (broad SMARTS) is 2. The van der Waals surface area contributed by atoms with Gasteiger partial charge in [-0.1, -0.05) is 54.4 Å². The molecular formula is C32H54N6O9. The second-order valence-corrected chi connectivity index (χ2v) is 13.1. The molecule has 2 saturated heterocycles. The fourth-order valence-electron chi connectivity index (χ4n) is 5.86. The highest BCUT2D eigenvalue weighted by Crippen LogP contribution is 2.21.